The van der Waals surface area contributed by atoms with Gasteiger partial charge in [-0.05, 0) is 42.8 Å². The topological polar surface area (TPSA) is 128 Å². The molecule has 40 heavy (non-hydrogen) atoms. The van der Waals surface area contributed by atoms with Crippen LogP contribution in [0.3, 0.4) is 0 Å². The van der Waals surface area contributed by atoms with Crippen molar-refractivity contribution in [1.29, 1.82) is 0 Å². The van der Waals surface area contributed by atoms with Crippen LogP contribution < -0.4 is 16.5 Å². The van der Waals surface area contributed by atoms with Gasteiger partial charge in [0.25, 0.3) is 5.91 Å². The number of carbonyl (C=O) groups is 1. The Labute approximate surface area is 228 Å². The van der Waals surface area contributed by atoms with Crippen LogP contribution in [0.1, 0.15) is 40.2 Å². The highest BCUT2D eigenvalue weighted by molar-refractivity contribution is 6.04. The zero-order valence-corrected chi connectivity index (χ0v) is 21.3. The largest absolute Gasteiger partial charge is 0.458 e. The number of fused-ring (bicyclic) bond motifs is 2. The monoisotopic (exact) mass is 526 g/mol. The molecule has 1 amide bonds. The van der Waals surface area contributed by atoms with Gasteiger partial charge in [0, 0.05) is 35.9 Å². The highest BCUT2D eigenvalue weighted by Gasteiger charge is 2.26. The highest BCUT2D eigenvalue weighted by Crippen LogP contribution is 2.30. The number of nitrogen functional groups attached to an aromatic ring is 1. The van der Waals surface area contributed by atoms with Crippen LogP contribution in [-0.4, -0.2) is 25.5 Å². The maximum Gasteiger partial charge on any atom is 0.259 e. The summed E-state index contributed by atoms with van der Waals surface area (Å²) in [7, 11) is 0. The summed E-state index contributed by atoms with van der Waals surface area (Å²) in [4.78, 5) is 35.8. The van der Waals surface area contributed by atoms with Gasteiger partial charge >= 0.3 is 0 Å². The molecule has 194 valence electrons. The summed E-state index contributed by atoms with van der Waals surface area (Å²) in [5.41, 5.74) is 8.93. The second kappa shape index (κ2) is 10.2. The molecule has 1 atom stereocenters. The van der Waals surface area contributed by atoms with Crippen molar-refractivity contribution in [1.82, 2.24) is 24.9 Å². The minimum absolute atomic E-state index is 0.0454. The Balaban J connectivity index is 1.48. The third-order valence-electron chi connectivity index (χ3n) is 6.42. The quantitative estimate of drug-likeness (QED) is 0.326. The number of nitrogens with zero attached hydrogens (tertiary/aromatic N) is 4. The summed E-state index contributed by atoms with van der Waals surface area (Å²) in [6, 6.07) is 19.1. The van der Waals surface area contributed by atoms with Gasteiger partial charge in [0.05, 0.1) is 17.0 Å². The van der Waals surface area contributed by atoms with E-state index in [0.717, 1.165) is 5.56 Å². The first-order chi connectivity index (χ1) is 19.5. The summed E-state index contributed by atoms with van der Waals surface area (Å²) >= 11 is 0. The molecule has 6 rings (SSSR count). The summed E-state index contributed by atoms with van der Waals surface area (Å²) in [6.45, 7) is 1.75. The third-order valence-corrected chi connectivity index (χ3v) is 6.42. The number of aromatic nitrogens is 4. The van der Waals surface area contributed by atoms with Crippen LogP contribution in [0, 0.1) is 11.8 Å². The summed E-state index contributed by atoms with van der Waals surface area (Å²) in [5.74, 6) is 6.06. The Hall–Kier alpha value is -5.75. The van der Waals surface area contributed by atoms with Gasteiger partial charge in [-0.2, -0.15) is 0 Å². The van der Waals surface area contributed by atoms with E-state index in [1.54, 1.807) is 68.1 Å². The molecule has 0 saturated heterocycles. The highest BCUT2D eigenvalue weighted by atomic mass is 16.3. The van der Waals surface area contributed by atoms with E-state index >= 15 is 0 Å². The Kier molecular flexibility index (Phi) is 6.26. The van der Waals surface area contributed by atoms with E-state index in [-0.39, 0.29) is 16.8 Å². The van der Waals surface area contributed by atoms with Crippen LogP contribution in [0.5, 0.6) is 0 Å². The van der Waals surface area contributed by atoms with E-state index < -0.39 is 11.9 Å². The standard InChI is InChI=1S/C31H22N6O3/c1-19(35-31(39)26-29(32)36-37-18-6-15-34-30(26)37)28-25(21-7-3-2-4-8-21)27(38)24-22(9-5-10-23(24)40-28)12-11-20-13-16-33-17-14-20/h2-10,13-19H,1H3,(H2,32,36)(H,35,39)/t19-/m0/s1. The molecule has 0 aliphatic carbocycles. The molecule has 9 heteroatoms. The van der Waals surface area contributed by atoms with Crippen molar-refractivity contribution in [3.8, 4) is 23.0 Å². The van der Waals surface area contributed by atoms with E-state index in [2.05, 4.69) is 32.2 Å². The summed E-state index contributed by atoms with van der Waals surface area (Å²) < 4.78 is 7.80. The summed E-state index contributed by atoms with van der Waals surface area (Å²) in [6.07, 6.45) is 6.53. The zero-order valence-electron chi connectivity index (χ0n) is 21.3. The maximum absolute atomic E-state index is 14.1. The van der Waals surface area contributed by atoms with Crippen molar-refractivity contribution < 1.29 is 9.21 Å². The minimum Gasteiger partial charge on any atom is -0.458 e. The molecular formula is C31H22N6O3. The number of rotatable bonds is 4. The molecule has 0 spiro atoms. The lowest BCUT2D eigenvalue weighted by Crippen LogP contribution is -2.28. The second-order valence-electron chi connectivity index (χ2n) is 9.04. The first-order valence-electron chi connectivity index (χ1n) is 12.5. The van der Waals surface area contributed by atoms with Crippen LogP contribution in [0.15, 0.2) is 101 Å². The molecule has 4 heterocycles. The minimum atomic E-state index is -0.704. The Morgan fingerprint density at radius 1 is 1.00 bits per heavy atom. The van der Waals surface area contributed by atoms with Gasteiger partial charge in [0.2, 0.25) is 5.43 Å². The predicted octanol–water partition coefficient (Wildman–Crippen LogP) is 4.37. The van der Waals surface area contributed by atoms with Gasteiger partial charge < -0.3 is 15.5 Å². The molecule has 0 aliphatic heterocycles. The fourth-order valence-electron chi connectivity index (χ4n) is 4.57. The number of benzene rings is 2. The number of pyridine rings is 1. The van der Waals surface area contributed by atoms with E-state index in [4.69, 9.17) is 10.2 Å². The van der Waals surface area contributed by atoms with Crippen LogP contribution in [0.25, 0.3) is 27.7 Å². The molecule has 0 bridgehead atoms. The fourth-order valence-corrected chi connectivity index (χ4v) is 4.57. The second-order valence-corrected chi connectivity index (χ2v) is 9.04. The van der Waals surface area contributed by atoms with E-state index in [9.17, 15) is 9.59 Å². The smallest absolute Gasteiger partial charge is 0.259 e. The van der Waals surface area contributed by atoms with Gasteiger partial charge in [0.1, 0.15) is 16.9 Å². The van der Waals surface area contributed by atoms with Crippen molar-refractivity contribution in [2.75, 3.05) is 5.73 Å². The van der Waals surface area contributed by atoms with Gasteiger partial charge in [-0.3, -0.25) is 14.6 Å². The molecule has 4 aromatic heterocycles. The van der Waals surface area contributed by atoms with Crippen LogP contribution in [-0.2, 0) is 0 Å². The summed E-state index contributed by atoms with van der Waals surface area (Å²) in [5, 5.41) is 7.44. The first-order valence-corrected chi connectivity index (χ1v) is 12.5. The molecule has 0 radical (unpaired) electrons. The Morgan fingerprint density at radius 3 is 2.60 bits per heavy atom. The Bertz CT molecular complexity index is 2000. The van der Waals surface area contributed by atoms with Crippen molar-refractivity contribution in [3.63, 3.8) is 0 Å². The molecule has 0 saturated carbocycles. The first kappa shape index (κ1) is 24.6. The molecule has 0 unspecified atom stereocenters. The zero-order chi connectivity index (χ0) is 27.6. The fraction of sp³-hybridized carbons (Fsp3) is 0.0645. The molecule has 9 nitrogen and oxygen atoms in total. The van der Waals surface area contributed by atoms with Crippen LogP contribution in [0.2, 0.25) is 0 Å². The lowest BCUT2D eigenvalue weighted by molar-refractivity contribution is 0.0938. The van der Waals surface area contributed by atoms with Gasteiger partial charge in [-0.25, -0.2) is 9.50 Å². The molecule has 3 N–H and O–H groups in total. The van der Waals surface area contributed by atoms with Gasteiger partial charge in [0.15, 0.2) is 11.5 Å². The normalized spacial score (nSPS) is 11.6. The van der Waals surface area contributed by atoms with Gasteiger partial charge in [-0.15, -0.1) is 5.10 Å². The van der Waals surface area contributed by atoms with Crippen molar-refractivity contribution in [2.24, 2.45) is 0 Å². The van der Waals surface area contributed by atoms with Gasteiger partial charge in [-0.1, -0.05) is 48.2 Å². The van der Waals surface area contributed by atoms with E-state index in [0.29, 0.717) is 39.1 Å². The number of anilines is 1. The molecular weight excluding hydrogens is 504 g/mol. The molecule has 0 aliphatic rings. The lowest BCUT2D eigenvalue weighted by Gasteiger charge is -2.18. The molecule has 0 fully saturated rings. The Morgan fingerprint density at radius 2 is 1.80 bits per heavy atom. The SMILES string of the molecule is C[C@H](NC(=O)c1c(N)nn2cccnc12)c1oc2cccc(C#Cc3ccncc3)c2c(=O)c1-c1ccccc1. The average molecular weight is 527 g/mol. The number of nitrogens with two attached hydrogens (primary N) is 1. The van der Waals surface area contributed by atoms with Crippen molar-refractivity contribution in [2.45, 2.75) is 13.0 Å². The van der Waals surface area contributed by atoms with E-state index in [1.165, 1.54) is 4.52 Å². The predicted molar refractivity (Wildman–Crippen MR) is 151 cm³/mol. The lowest BCUT2D eigenvalue weighted by atomic mass is 9.97. The number of hydrogen-bond donors (Lipinski definition) is 2. The number of hydrogen-bond acceptors (Lipinski definition) is 7. The van der Waals surface area contributed by atoms with E-state index in [1.807, 2.05) is 30.3 Å². The molecule has 6 aromatic rings. The molecule has 2 aromatic carbocycles. The van der Waals surface area contributed by atoms with Crippen molar-refractivity contribution in [3.05, 3.63) is 124 Å². The van der Waals surface area contributed by atoms with Crippen LogP contribution >= 0.6 is 0 Å². The van der Waals surface area contributed by atoms with Crippen LogP contribution in [0.4, 0.5) is 5.82 Å². The average Bonchev–Trinajstić information content (AvgIpc) is 3.32. The number of carbonyl (C=O) groups excluding carboxylic acids is 1. The third kappa shape index (κ3) is 4.44. The van der Waals surface area contributed by atoms with Crippen molar-refractivity contribution >= 4 is 28.3 Å². The number of amides is 1. The maximum atomic E-state index is 14.1. The number of nitrogens with one attached hydrogen (secondary N) is 1.